The first-order valence-corrected chi connectivity index (χ1v) is 9.79. The lowest BCUT2D eigenvalue weighted by Crippen LogP contribution is -2.56. The molecule has 2 atom stereocenters. The van der Waals surface area contributed by atoms with Crippen LogP contribution >= 0.6 is 0 Å². The zero-order valence-corrected chi connectivity index (χ0v) is 15.2. The highest BCUT2D eigenvalue weighted by Gasteiger charge is 2.46. The first-order chi connectivity index (χ1) is 12.2. The summed E-state index contributed by atoms with van der Waals surface area (Å²) in [6.45, 7) is 3.19. The number of hydrogen-bond acceptors (Lipinski definition) is 2. The zero-order chi connectivity index (χ0) is 17.3. The number of hydrogen-bond donors (Lipinski definition) is 1. The molecule has 25 heavy (non-hydrogen) atoms. The predicted molar refractivity (Wildman–Crippen MR) is 102 cm³/mol. The Morgan fingerprint density at radius 1 is 0.920 bits per heavy atom. The molecule has 0 aromatic heterocycles. The van der Waals surface area contributed by atoms with Crippen molar-refractivity contribution in [2.75, 3.05) is 0 Å². The minimum Gasteiger partial charge on any atom is -0.385 e. The van der Waals surface area contributed by atoms with Gasteiger partial charge in [0.1, 0.15) is 0 Å². The molecule has 2 aromatic rings. The Morgan fingerprint density at radius 3 is 2.16 bits per heavy atom. The van der Waals surface area contributed by atoms with E-state index >= 15 is 0 Å². The van der Waals surface area contributed by atoms with Gasteiger partial charge in [-0.2, -0.15) is 0 Å². The van der Waals surface area contributed by atoms with E-state index in [-0.39, 0.29) is 0 Å². The molecule has 2 heterocycles. The van der Waals surface area contributed by atoms with Crippen LogP contribution in [0.15, 0.2) is 54.6 Å². The second-order valence-electron chi connectivity index (χ2n) is 7.89. The molecule has 2 heteroatoms. The number of fused-ring (bicyclic) bond motifs is 2. The summed E-state index contributed by atoms with van der Waals surface area (Å²) in [7, 11) is 0. The Bertz CT molecular complexity index is 680. The highest BCUT2D eigenvalue weighted by Crippen LogP contribution is 2.44. The van der Waals surface area contributed by atoms with Gasteiger partial charge in [-0.1, -0.05) is 67.9 Å². The molecule has 2 saturated heterocycles. The van der Waals surface area contributed by atoms with Gasteiger partial charge >= 0.3 is 0 Å². The summed E-state index contributed by atoms with van der Waals surface area (Å²) in [5.41, 5.74) is 3.18. The van der Waals surface area contributed by atoms with Crippen LogP contribution in [0, 0.1) is 0 Å². The van der Waals surface area contributed by atoms with Crippen molar-refractivity contribution in [1.82, 2.24) is 4.90 Å². The molecule has 0 aliphatic carbocycles. The van der Waals surface area contributed by atoms with Crippen LogP contribution < -0.4 is 0 Å². The van der Waals surface area contributed by atoms with E-state index < -0.39 is 5.60 Å². The number of benzene rings is 2. The molecule has 1 N–H and O–H groups in total. The largest absolute Gasteiger partial charge is 0.385 e. The monoisotopic (exact) mass is 335 g/mol. The van der Waals surface area contributed by atoms with E-state index in [0.29, 0.717) is 12.1 Å². The van der Waals surface area contributed by atoms with Crippen LogP contribution in [0.2, 0.25) is 0 Å². The molecule has 0 spiro atoms. The summed E-state index contributed by atoms with van der Waals surface area (Å²) >= 11 is 0. The molecule has 2 unspecified atom stereocenters. The first-order valence-electron chi connectivity index (χ1n) is 9.79. The molecule has 0 amide bonds. The fourth-order valence-corrected chi connectivity index (χ4v) is 4.86. The van der Waals surface area contributed by atoms with Crippen molar-refractivity contribution in [2.45, 2.75) is 69.7 Å². The highest BCUT2D eigenvalue weighted by atomic mass is 16.3. The summed E-state index contributed by atoms with van der Waals surface area (Å²) in [5, 5.41) is 11.5. The molecule has 4 rings (SSSR count). The normalized spacial score (nSPS) is 29.5. The van der Waals surface area contributed by atoms with Crippen LogP contribution in [0.1, 0.15) is 55.7 Å². The van der Waals surface area contributed by atoms with Gasteiger partial charge in [0, 0.05) is 18.6 Å². The Morgan fingerprint density at radius 2 is 1.56 bits per heavy atom. The summed E-state index contributed by atoms with van der Waals surface area (Å²) in [6.07, 6.45) is 6.49. The molecule has 2 fully saturated rings. The molecule has 2 nitrogen and oxygen atoms in total. The van der Waals surface area contributed by atoms with Crippen LogP contribution in [0.4, 0.5) is 0 Å². The Labute approximate surface area is 151 Å². The summed E-state index contributed by atoms with van der Waals surface area (Å²) in [5.74, 6) is 0. The van der Waals surface area contributed by atoms with E-state index in [1.807, 2.05) is 0 Å². The minimum atomic E-state index is -0.658. The standard InChI is InChI=1S/C23H29NO/c1-2-18-11-13-20(14-12-18)23(25)15-21-9-6-10-22(16-23)24(21)17-19-7-4-3-5-8-19/h3-5,7-8,11-14,21-22,25H,2,6,9-10,15-17H2,1H3. The van der Waals surface area contributed by atoms with Gasteiger partial charge < -0.3 is 5.11 Å². The van der Waals surface area contributed by atoms with Crippen LogP contribution in [0.5, 0.6) is 0 Å². The topological polar surface area (TPSA) is 23.5 Å². The maximum absolute atomic E-state index is 11.5. The van der Waals surface area contributed by atoms with E-state index in [2.05, 4.69) is 66.4 Å². The van der Waals surface area contributed by atoms with Crippen molar-refractivity contribution in [2.24, 2.45) is 0 Å². The number of aryl methyl sites for hydroxylation is 1. The third kappa shape index (κ3) is 3.38. The Kier molecular flexibility index (Phi) is 4.66. The Hall–Kier alpha value is -1.64. The summed E-state index contributed by atoms with van der Waals surface area (Å²) in [6, 6.07) is 20.4. The van der Waals surface area contributed by atoms with Crippen molar-refractivity contribution in [3.05, 3.63) is 71.3 Å². The molecule has 132 valence electrons. The van der Waals surface area contributed by atoms with Gasteiger partial charge in [-0.25, -0.2) is 0 Å². The van der Waals surface area contributed by atoms with Crippen LogP contribution in [0.3, 0.4) is 0 Å². The van der Waals surface area contributed by atoms with Gasteiger partial charge in [-0.3, -0.25) is 4.90 Å². The fraction of sp³-hybridized carbons (Fsp3) is 0.478. The van der Waals surface area contributed by atoms with Crippen molar-refractivity contribution >= 4 is 0 Å². The second kappa shape index (κ2) is 6.93. The van der Waals surface area contributed by atoms with Gasteiger partial charge in [0.05, 0.1) is 5.60 Å². The number of nitrogens with zero attached hydrogens (tertiary/aromatic N) is 1. The van der Waals surface area contributed by atoms with E-state index in [1.54, 1.807) is 0 Å². The van der Waals surface area contributed by atoms with Crippen LogP contribution in [-0.2, 0) is 18.6 Å². The summed E-state index contributed by atoms with van der Waals surface area (Å²) in [4.78, 5) is 2.66. The molecular weight excluding hydrogens is 306 g/mol. The number of rotatable bonds is 4. The summed E-state index contributed by atoms with van der Waals surface area (Å²) < 4.78 is 0. The third-order valence-electron chi connectivity index (χ3n) is 6.27. The van der Waals surface area contributed by atoms with Crippen molar-refractivity contribution in [3.8, 4) is 0 Å². The van der Waals surface area contributed by atoms with Crippen LogP contribution in [-0.4, -0.2) is 22.1 Å². The van der Waals surface area contributed by atoms with Gasteiger partial charge in [-0.05, 0) is 48.8 Å². The molecule has 2 aromatic carbocycles. The van der Waals surface area contributed by atoms with Gasteiger partial charge in [0.25, 0.3) is 0 Å². The first kappa shape index (κ1) is 16.8. The third-order valence-corrected chi connectivity index (χ3v) is 6.27. The average Bonchev–Trinajstić information content (AvgIpc) is 2.64. The molecule has 2 bridgehead atoms. The van der Waals surface area contributed by atoms with Gasteiger partial charge in [0.2, 0.25) is 0 Å². The van der Waals surface area contributed by atoms with E-state index in [0.717, 1.165) is 31.4 Å². The average molecular weight is 335 g/mol. The van der Waals surface area contributed by atoms with Gasteiger partial charge in [0.15, 0.2) is 0 Å². The van der Waals surface area contributed by atoms with E-state index in [4.69, 9.17) is 0 Å². The quantitative estimate of drug-likeness (QED) is 0.879. The maximum Gasteiger partial charge on any atom is 0.0926 e. The number of aliphatic hydroxyl groups is 1. The highest BCUT2D eigenvalue weighted by molar-refractivity contribution is 5.29. The molecule has 0 saturated carbocycles. The maximum atomic E-state index is 11.5. The second-order valence-corrected chi connectivity index (χ2v) is 7.89. The minimum absolute atomic E-state index is 0.489. The predicted octanol–water partition coefficient (Wildman–Crippen LogP) is 4.65. The van der Waals surface area contributed by atoms with Crippen molar-refractivity contribution in [3.63, 3.8) is 0 Å². The van der Waals surface area contributed by atoms with Crippen molar-refractivity contribution in [1.29, 1.82) is 0 Å². The molecule has 2 aliphatic heterocycles. The Balaban J connectivity index is 1.55. The van der Waals surface area contributed by atoms with E-state index in [9.17, 15) is 5.11 Å². The lowest BCUT2D eigenvalue weighted by molar-refractivity contribution is -0.0999. The van der Waals surface area contributed by atoms with Crippen molar-refractivity contribution < 1.29 is 5.11 Å². The SMILES string of the molecule is CCc1ccc(C2(O)CC3CCCC(C2)N3Cc2ccccc2)cc1. The lowest BCUT2D eigenvalue weighted by Gasteiger charge is -2.52. The number of piperidine rings is 2. The molecule has 2 aliphatic rings. The van der Waals surface area contributed by atoms with Gasteiger partial charge in [-0.15, -0.1) is 0 Å². The zero-order valence-electron chi connectivity index (χ0n) is 15.2. The molecule has 0 radical (unpaired) electrons. The smallest absolute Gasteiger partial charge is 0.0926 e. The molecular formula is C23H29NO. The van der Waals surface area contributed by atoms with E-state index in [1.165, 1.54) is 30.4 Å². The lowest BCUT2D eigenvalue weighted by atomic mass is 9.72. The van der Waals surface area contributed by atoms with Crippen LogP contribution in [0.25, 0.3) is 0 Å². The fourth-order valence-electron chi connectivity index (χ4n) is 4.86.